The molecule has 212 valence electrons. The zero-order chi connectivity index (χ0) is 28.7. The number of ether oxygens (including phenoxy) is 2. The number of imide groups is 1. The maximum Gasteiger partial charge on any atom is 0.387 e. The van der Waals surface area contributed by atoms with Crippen molar-refractivity contribution in [1.29, 1.82) is 0 Å². The first-order chi connectivity index (χ1) is 19.2. The molecule has 0 saturated carbocycles. The fourth-order valence-corrected chi connectivity index (χ4v) is 5.99. The number of benzene rings is 2. The number of carbonyl (C=O) groups excluding carboxylic acids is 2. The summed E-state index contributed by atoms with van der Waals surface area (Å²) in [5.74, 6) is -1.54. The minimum absolute atomic E-state index is 0.112. The van der Waals surface area contributed by atoms with Gasteiger partial charge in [-0.1, -0.05) is 32.0 Å². The Hall–Kier alpha value is -3.50. The summed E-state index contributed by atoms with van der Waals surface area (Å²) in [5, 5.41) is 2.67. The monoisotopic (exact) mass is 555 g/mol. The third-order valence-electron chi connectivity index (χ3n) is 7.97. The average Bonchev–Trinajstić information content (AvgIpc) is 3.56. The Morgan fingerprint density at radius 1 is 1.18 bits per heavy atom. The zero-order valence-electron chi connectivity index (χ0n) is 22.7. The molecule has 0 radical (unpaired) electrons. The summed E-state index contributed by atoms with van der Waals surface area (Å²) in [6.07, 6.45) is 2.75. The van der Waals surface area contributed by atoms with Crippen molar-refractivity contribution in [2.45, 2.75) is 70.3 Å². The number of epoxide rings is 1. The van der Waals surface area contributed by atoms with Crippen LogP contribution in [0.3, 0.4) is 0 Å². The summed E-state index contributed by atoms with van der Waals surface area (Å²) < 4.78 is 51.5. The molecule has 0 spiro atoms. The minimum atomic E-state index is -2.86. The van der Waals surface area contributed by atoms with Gasteiger partial charge in [0.2, 0.25) is 11.8 Å². The molecular formula is C30H32F3N3O4. The van der Waals surface area contributed by atoms with Crippen LogP contribution in [0.4, 0.5) is 13.2 Å². The van der Waals surface area contributed by atoms with Gasteiger partial charge in [-0.25, -0.2) is 4.39 Å². The second-order valence-corrected chi connectivity index (χ2v) is 10.4. The van der Waals surface area contributed by atoms with Crippen molar-refractivity contribution in [3.05, 3.63) is 71.2 Å². The minimum Gasteiger partial charge on any atom is -0.435 e. The molecule has 3 fully saturated rings. The second-order valence-electron chi connectivity index (χ2n) is 10.4. The first-order valence-electron chi connectivity index (χ1n) is 13.6. The Bertz CT molecular complexity index is 1430. The number of piperidine rings is 2. The van der Waals surface area contributed by atoms with Crippen molar-refractivity contribution in [3.63, 3.8) is 0 Å². The average molecular weight is 556 g/mol. The zero-order valence-corrected chi connectivity index (χ0v) is 22.7. The molecule has 1 N–H and O–H groups in total. The lowest BCUT2D eigenvalue weighted by atomic mass is 9.80. The van der Waals surface area contributed by atoms with E-state index in [1.165, 1.54) is 12.1 Å². The third kappa shape index (κ3) is 5.06. The van der Waals surface area contributed by atoms with Crippen molar-refractivity contribution in [3.8, 4) is 5.75 Å². The maximum absolute atomic E-state index is 16.0. The molecule has 2 aromatic carbocycles. The van der Waals surface area contributed by atoms with E-state index in [1.807, 2.05) is 20.8 Å². The third-order valence-corrected chi connectivity index (χ3v) is 7.97. The van der Waals surface area contributed by atoms with Crippen molar-refractivity contribution < 1.29 is 32.2 Å². The van der Waals surface area contributed by atoms with Gasteiger partial charge in [-0.3, -0.25) is 24.8 Å². The van der Waals surface area contributed by atoms with E-state index in [2.05, 4.69) is 19.9 Å². The fraction of sp³-hybridized carbons (Fsp3) is 0.433. The number of fused-ring (bicyclic) bond motifs is 2. The van der Waals surface area contributed by atoms with Crippen LogP contribution in [0.5, 0.6) is 5.75 Å². The Labute approximate surface area is 230 Å². The van der Waals surface area contributed by atoms with E-state index in [-0.39, 0.29) is 24.0 Å². The number of likely N-dealkylation sites (tertiary alicyclic amines) is 1. The molecule has 3 saturated heterocycles. The molecule has 0 aliphatic carbocycles. The van der Waals surface area contributed by atoms with Crippen LogP contribution >= 0.6 is 0 Å². The number of pyridine rings is 1. The van der Waals surface area contributed by atoms with E-state index in [0.717, 1.165) is 5.56 Å². The van der Waals surface area contributed by atoms with E-state index in [1.54, 1.807) is 36.5 Å². The van der Waals surface area contributed by atoms with E-state index >= 15 is 4.39 Å². The van der Waals surface area contributed by atoms with Crippen LogP contribution in [-0.2, 0) is 26.5 Å². The van der Waals surface area contributed by atoms with Crippen LogP contribution in [0, 0.1) is 5.82 Å². The topological polar surface area (TPSA) is 84.1 Å². The molecule has 3 aliphatic rings. The van der Waals surface area contributed by atoms with Crippen LogP contribution in [0.25, 0.3) is 10.9 Å². The molecule has 1 aromatic heterocycles. The van der Waals surface area contributed by atoms with Crippen LogP contribution in [-0.4, -0.2) is 47.0 Å². The molecule has 7 nitrogen and oxygen atoms in total. The summed E-state index contributed by atoms with van der Waals surface area (Å²) >= 11 is 0. The highest BCUT2D eigenvalue weighted by Crippen LogP contribution is 2.61. The van der Waals surface area contributed by atoms with E-state index in [9.17, 15) is 18.4 Å². The molecule has 2 amide bonds. The highest BCUT2D eigenvalue weighted by atomic mass is 19.3. The normalized spacial score (nSPS) is 26.1. The van der Waals surface area contributed by atoms with Crippen LogP contribution in [0.15, 0.2) is 48.7 Å². The molecule has 3 unspecified atom stereocenters. The van der Waals surface area contributed by atoms with Gasteiger partial charge in [-0.05, 0) is 55.2 Å². The molecule has 3 atom stereocenters. The second kappa shape index (κ2) is 10.8. The maximum atomic E-state index is 16.0. The fourth-order valence-electron chi connectivity index (χ4n) is 5.99. The molecule has 4 heterocycles. The molecule has 10 heteroatoms. The number of nitrogens with zero attached hydrogens (tertiary/aromatic N) is 2. The van der Waals surface area contributed by atoms with Crippen molar-refractivity contribution in [2.75, 3.05) is 13.1 Å². The lowest BCUT2D eigenvalue weighted by Crippen LogP contribution is -2.44. The number of carbonyl (C=O) groups is 2. The van der Waals surface area contributed by atoms with Gasteiger partial charge in [0.15, 0.2) is 0 Å². The number of hydrogen-bond acceptors (Lipinski definition) is 6. The van der Waals surface area contributed by atoms with Gasteiger partial charge >= 0.3 is 6.61 Å². The number of rotatable bonds is 6. The van der Waals surface area contributed by atoms with Gasteiger partial charge in [-0.15, -0.1) is 0 Å². The number of nitrogens with one attached hydrogen (secondary N) is 1. The largest absolute Gasteiger partial charge is 0.435 e. The van der Waals surface area contributed by atoms with Gasteiger partial charge in [0.05, 0.1) is 11.4 Å². The van der Waals surface area contributed by atoms with Crippen molar-refractivity contribution in [1.82, 2.24) is 15.2 Å². The summed E-state index contributed by atoms with van der Waals surface area (Å²) in [7, 11) is 0. The Morgan fingerprint density at radius 2 is 1.93 bits per heavy atom. The quantitative estimate of drug-likeness (QED) is 0.324. The van der Waals surface area contributed by atoms with Gasteiger partial charge in [0.1, 0.15) is 22.8 Å². The van der Waals surface area contributed by atoms with Crippen molar-refractivity contribution in [2.24, 2.45) is 0 Å². The lowest BCUT2D eigenvalue weighted by molar-refractivity contribution is -0.134. The Morgan fingerprint density at radius 3 is 2.60 bits per heavy atom. The predicted octanol–water partition coefficient (Wildman–Crippen LogP) is 5.41. The summed E-state index contributed by atoms with van der Waals surface area (Å²) in [5.41, 5.74) is 1.14. The first kappa shape index (κ1) is 28.0. The van der Waals surface area contributed by atoms with Crippen LogP contribution in [0.1, 0.15) is 62.6 Å². The number of alkyl halides is 2. The van der Waals surface area contributed by atoms with Crippen LogP contribution in [0.2, 0.25) is 0 Å². The number of amides is 2. The molecular weight excluding hydrogens is 523 g/mol. The summed E-state index contributed by atoms with van der Waals surface area (Å²) in [6.45, 7) is 4.95. The van der Waals surface area contributed by atoms with E-state index in [4.69, 9.17) is 4.74 Å². The SMILES string of the molecule is CC.CC12CN(Cc3ccc(OC(F)F)cc3)CCC1(c1ccc3ncc(C4CCC(=O)NC4=O)cc3c1F)O2. The van der Waals surface area contributed by atoms with E-state index in [0.29, 0.717) is 54.5 Å². The number of aromatic nitrogens is 1. The molecule has 0 bridgehead atoms. The highest BCUT2D eigenvalue weighted by molar-refractivity contribution is 6.01. The summed E-state index contributed by atoms with van der Waals surface area (Å²) in [4.78, 5) is 30.5. The Kier molecular flexibility index (Phi) is 7.58. The standard InChI is InChI=1S/C28H26F3N3O4.C2H6/c1-27-15-34(14-16-2-4-18(5-3-16)37-26(30)31)11-10-28(27,38-27)21-7-8-22-20(24(21)29)12-17(13-32-22)19-6-9-23(35)33-25(19)36;1-2/h2-5,7-8,12-13,19,26H,6,9-11,14-15H2,1H3,(H,33,35,36);1-2H3. The number of hydrogen-bond donors (Lipinski definition) is 1. The summed E-state index contributed by atoms with van der Waals surface area (Å²) in [6, 6.07) is 11.7. The van der Waals surface area contributed by atoms with Gasteiger partial charge < -0.3 is 9.47 Å². The lowest BCUT2D eigenvalue weighted by Gasteiger charge is -2.33. The highest BCUT2D eigenvalue weighted by Gasteiger charge is 2.70. The van der Waals surface area contributed by atoms with Gasteiger partial charge in [0.25, 0.3) is 0 Å². The molecule has 3 aromatic rings. The van der Waals surface area contributed by atoms with Crippen LogP contribution < -0.4 is 10.1 Å². The van der Waals surface area contributed by atoms with E-state index < -0.39 is 29.5 Å². The first-order valence-corrected chi connectivity index (χ1v) is 13.6. The molecule has 40 heavy (non-hydrogen) atoms. The van der Waals surface area contributed by atoms with Gasteiger partial charge in [-0.2, -0.15) is 8.78 Å². The predicted molar refractivity (Wildman–Crippen MR) is 142 cm³/mol. The number of halogens is 3. The Balaban J connectivity index is 0.00000158. The van der Waals surface area contributed by atoms with Gasteiger partial charge in [0, 0.05) is 43.2 Å². The molecule has 3 aliphatic heterocycles. The van der Waals surface area contributed by atoms with Crippen molar-refractivity contribution >= 4 is 22.7 Å². The molecule has 6 rings (SSSR count). The smallest absolute Gasteiger partial charge is 0.387 e.